The maximum Gasteiger partial charge on any atom is 0.256 e. The van der Waals surface area contributed by atoms with E-state index < -0.39 is 5.60 Å². The Morgan fingerprint density at radius 1 is 1.25 bits per heavy atom. The van der Waals surface area contributed by atoms with Crippen LogP contribution in [0.1, 0.15) is 53.4 Å². The molecule has 1 aliphatic carbocycles. The third-order valence-corrected chi connectivity index (χ3v) is 4.61. The van der Waals surface area contributed by atoms with E-state index in [2.05, 4.69) is 26.1 Å². The molecule has 4 heteroatoms. The van der Waals surface area contributed by atoms with E-state index in [-0.39, 0.29) is 5.91 Å². The molecule has 0 bridgehead atoms. The first-order valence-corrected chi connectivity index (χ1v) is 9.13. The summed E-state index contributed by atoms with van der Waals surface area (Å²) in [5.74, 6) is 1.97. The minimum atomic E-state index is -0.673. The highest BCUT2D eigenvalue weighted by Gasteiger charge is 2.41. The Hall–Kier alpha value is -1.55. The zero-order valence-electron chi connectivity index (χ0n) is 15.4. The molecule has 1 aliphatic rings. The van der Waals surface area contributed by atoms with Crippen molar-refractivity contribution in [1.82, 2.24) is 0 Å². The summed E-state index contributed by atoms with van der Waals surface area (Å²) in [4.78, 5) is 12.8. The van der Waals surface area contributed by atoms with E-state index in [0.717, 1.165) is 37.1 Å². The van der Waals surface area contributed by atoms with E-state index in [1.807, 2.05) is 31.2 Å². The van der Waals surface area contributed by atoms with Gasteiger partial charge in [-0.15, -0.1) is 0 Å². The van der Waals surface area contributed by atoms with Crippen LogP contribution in [0.4, 0.5) is 5.69 Å². The van der Waals surface area contributed by atoms with Crippen LogP contribution in [0.3, 0.4) is 0 Å². The first kappa shape index (κ1) is 18.8. The van der Waals surface area contributed by atoms with Crippen LogP contribution in [0.2, 0.25) is 0 Å². The quantitative estimate of drug-likeness (QED) is 0.790. The van der Waals surface area contributed by atoms with Crippen LogP contribution < -0.4 is 10.1 Å². The Kier molecular flexibility index (Phi) is 6.67. The number of benzene rings is 1. The van der Waals surface area contributed by atoms with Crippen molar-refractivity contribution >= 4 is 11.6 Å². The average Bonchev–Trinajstić information content (AvgIpc) is 2.56. The average molecular weight is 333 g/mol. The Balaban J connectivity index is 1.99. The van der Waals surface area contributed by atoms with Crippen molar-refractivity contribution in [3.63, 3.8) is 0 Å². The summed E-state index contributed by atoms with van der Waals surface area (Å²) < 4.78 is 11.6. The van der Waals surface area contributed by atoms with Crippen LogP contribution in [-0.2, 0) is 9.53 Å². The number of amides is 1. The number of ether oxygens (including phenoxy) is 2. The second-order valence-electron chi connectivity index (χ2n) is 7.29. The molecular formula is C20H31NO3. The number of anilines is 1. The van der Waals surface area contributed by atoms with Crippen LogP contribution in [0, 0.1) is 11.8 Å². The summed E-state index contributed by atoms with van der Waals surface area (Å²) in [5.41, 5.74) is 0.114. The van der Waals surface area contributed by atoms with Gasteiger partial charge in [0.25, 0.3) is 5.91 Å². The zero-order chi connectivity index (χ0) is 17.6. The molecule has 0 radical (unpaired) electrons. The van der Waals surface area contributed by atoms with Crippen molar-refractivity contribution < 1.29 is 14.3 Å². The van der Waals surface area contributed by atoms with Gasteiger partial charge in [0.05, 0.1) is 6.61 Å². The van der Waals surface area contributed by atoms with E-state index in [1.54, 1.807) is 0 Å². The molecule has 0 unspecified atom stereocenters. The van der Waals surface area contributed by atoms with Crippen molar-refractivity contribution in [3.05, 3.63) is 24.3 Å². The Bertz CT molecular complexity index is 516. The van der Waals surface area contributed by atoms with Gasteiger partial charge in [-0.25, -0.2) is 0 Å². The van der Waals surface area contributed by atoms with E-state index in [1.165, 1.54) is 0 Å². The summed E-state index contributed by atoms with van der Waals surface area (Å²) in [6.45, 7) is 9.68. The molecule has 1 amide bonds. The molecule has 0 aromatic heterocycles. The molecular weight excluding hydrogens is 302 g/mol. The second kappa shape index (κ2) is 8.52. The largest absolute Gasteiger partial charge is 0.493 e. The predicted molar refractivity (Wildman–Crippen MR) is 97.4 cm³/mol. The molecule has 1 aromatic rings. The SMILES string of the molecule is CCOC1(C(=O)Nc2ccc(OCC(C)C)cc2)CCC(C)CC1. The number of carbonyl (C=O) groups is 1. The third kappa shape index (κ3) is 4.97. The van der Waals surface area contributed by atoms with Gasteiger partial charge in [-0.3, -0.25) is 4.79 Å². The molecule has 2 rings (SSSR count). The predicted octanol–water partition coefficient (Wildman–Crippen LogP) is 4.65. The summed E-state index contributed by atoms with van der Waals surface area (Å²) in [5, 5.41) is 3.02. The minimum Gasteiger partial charge on any atom is -0.493 e. The lowest BCUT2D eigenvalue weighted by atomic mass is 9.78. The van der Waals surface area contributed by atoms with E-state index in [9.17, 15) is 4.79 Å². The molecule has 134 valence electrons. The Morgan fingerprint density at radius 2 is 1.88 bits per heavy atom. The smallest absolute Gasteiger partial charge is 0.256 e. The fourth-order valence-electron chi connectivity index (χ4n) is 3.08. The van der Waals surface area contributed by atoms with Crippen molar-refractivity contribution in [3.8, 4) is 5.75 Å². The molecule has 0 atom stereocenters. The lowest BCUT2D eigenvalue weighted by molar-refractivity contribution is -0.146. The van der Waals surface area contributed by atoms with Gasteiger partial charge in [0.15, 0.2) is 0 Å². The van der Waals surface area contributed by atoms with Crippen LogP contribution in [-0.4, -0.2) is 24.7 Å². The van der Waals surface area contributed by atoms with Gasteiger partial charge in [-0.2, -0.15) is 0 Å². The topological polar surface area (TPSA) is 47.6 Å². The van der Waals surface area contributed by atoms with Crippen LogP contribution in [0.5, 0.6) is 5.75 Å². The molecule has 0 aliphatic heterocycles. The standard InChI is InChI=1S/C20H31NO3/c1-5-24-20(12-10-16(4)11-13-20)19(22)21-17-6-8-18(9-7-17)23-14-15(2)3/h6-9,15-16H,5,10-14H2,1-4H3,(H,21,22). The molecule has 1 N–H and O–H groups in total. The van der Waals surface area contributed by atoms with Crippen molar-refractivity contribution in [2.24, 2.45) is 11.8 Å². The van der Waals surface area contributed by atoms with E-state index >= 15 is 0 Å². The second-order valence-corrected chi connectivity index (χ2v) is 7.29. The summed E-state index contributed by atoms with van der Waals surface area (Å²) in [6.07, 6.45) is 3.66. The number of carbonyl (C=O) groups excluding carboxylic acids is 1. The summed E-state index contributed by atoms with van der Waals surface area (Å²) >= 11 is 0. The minimum absolute atomic E-state index is 0.0212. The maximum absolute atomic E-state index is 12.8. The molecule has 1 aromatic carbocycles. The molecule has 0 heterocycles. The van der Waals surface area contributed by atoms with Gasteiger partial charge in [-0.05, 0) is 68.7 Å². The number of hydrogen-bond acceptors (Lipinski definition) is 3. The van der Waals surface area contributed by atoms with Crippen molar-refractivity contribution in [2.45, 2.75) is 59.0 Å². The van der Waals surface area contributed by atoms with E-state index in [0.29, 0.717) is 25.0 Å². The third-order valence-electron chi connectivity index (χ3n) is 4.61. The first-order chi connectivity index (χ1) is 11.4. The lowest BCUT2D eigenvalue weighted by Gasteiger charge is -2.37. The van der Waals surface area contributed by atoms with Gasteiger partial charge < -0.3 is 14.8 Å². The molecule has 1 fully saturated rings. The summed E-state index contributed by atoms with van der Waals surface area (Å²) in [6, 6.07) is 7.57. The van der Waals surface area contributed by atoms with Crippen LogP contribution in [0.25, 0.3) is 0 Å². The first-order valence-electron chi connectivity index (χ1n) is 9.13. The number of rotatable bonds is 7. The highest BCUT2D eigenvalue weighted by molar-refractivity contribution is 5.97. The van der Waals surface area contributed by atoms with Gasteiger partial charge in [-0.1, -0.05) is 20.8 Å². The number of nitrogens with one attached hydrogen (secondary N) is 1. The van der Waals surface area contributed by atoms with Crippen LogP contribution in [0.15, 0.2) is 24.3 Å². The monoisotopic (exact) mass is 333 g/mol. The van der Waals surface area contributed by atoms with Gasteiger partial charge in [0.2, 0.25) is 0 Å². The molecule has 4 nitrogen and oxygen atoms in total. The molecule has 24 heavy (non-hydrogen) atoms. The molecule has 0 spiro atoms. The Morgan fingerprint density at radius 3 is 2.42 bits per heavy atom. The van der Waals surface area contributed by atoms with Gasteiger partial charge in [0.1, 0.15) is 11.4 Å². The molecule has 1 saturated carbocycles. The molecule has 0 saturated heterocycles. The van der Waals surface area contributed by atoms with Crippen molar-refractivity contribution in [2.75, 3.05) is 18.5 Å². The highest BCUT2D eigenvalue weighted by Crippen LogP contribution is 2.35. The van der Waals surface area contributed by atoms with E-state index in [4.69, 9.17) is 9.47 Å². The summed E-state index contributed by atoms with van der Waals surface area (Å²) in [7, 11) is 0. The number of hydrogen-bond donors (Lipinski definition) is 1. The van der Waals surface area contributed by atoms with Crippen LogP contribution >= 0.6 is 0 Å². The fourth-order valence-corrected chi connectivity index (χ4v) is 3.08. The highest BCUT2D eigenvalue weighted by atomic mass is 16.5. The van der Waals surface area contributed by atoms with Gasteiger partial charge in [0, 0.05) is 12.3 Å². The normalized spacial score (nSPS) is 24.0. The Labute approximate surface area is 145 Å². The maximum atomic E-state index is 12.8. The lowest BCUT2D eigenvalue weighted by Crippen LogP contribution is -2.48. The van der Waals surface area contributed by atoms with Crippen molar-refractivity contribution in [1.29, 1.82) is 0 Å². The fraction of sp³-hybridized carbons (Fsp3) is 0.650. The van der Waals surface area contributed by atoms with Gasteiger partial charge >= 0.3 is 0 Å². The zero-order valence-corrected chi connectivity index (χ0v) is 15.4.